The molecule has 4 N–H and O–H groups in total. The number of methoxy groups -OCH3 is 2. The van der Waals surface area contributed by atoms with Gasteiger partial charge in [-0.05, 0) is 47.5 Å². The fourth-order valence-electron chi connectivity index (χ4n) is 3.56. The van der Waals surface area contributed by atoms with Crippen LogP contribution in [-0.2, 0) is 9.59 Å². The lowest BCUT2D eigenvalue weighted by molar-refractivity contribution is -0.141. The van der Waals surface area contributed by atoms with Crippen LogP contribution >= 0.6 is 0 Å². The maximum absolute atomic E-state index is 12.8. The van der Waals surface area contributed by atoms with Gasteiger partial charge < -0.3 is 30.3 Å². The molecule has 0 radical (unpaired) electrons. The zero-order valence-corrected chi connectivity index (χ0v) is 19.4. The lowest BCUT2D eigenvalue weighted by Gasteiger charge is -2.24. The van der Waals surface area contributed by atoms with Crippen molar-refractivity contribution in [3.63, 3.8) is 0 Å². The van der Waals surface area contributed by atoms with E-state index in [4.69, 9.17) is 9.47 Å². The van der Waals surface area contributed by atoms with Crippen LogP contribution in [0.25, 0.3) is 0 Å². The van der Waals surface area contributed by atoms with Crippen LogP contribution in [0.1, 0.15) is 43.9 Å². The maximum atomic E-state index is 12.8. The highest BCUT2D eigenvalue weighted by atomic mass is 16.5. The Balaban J connectivity index is 2.11. The van der Waals surface area contributed by atoms with Gasteiger partial charge in [0.1, 0.15) is 0 Å². The average Bonchev–Trinajstić information content (AvgIpc) is 2.90. The van der Waals surface area contributed by atoms with E-state index >= 15 is 0 Å². The maximum Gasteiger partial charge on any atom is 0.330 e. The van der Waals surface area contributed by atoms with Crippen molar-refractivity contribution in [3.8, 4) is 11.5 Å². The molecule has 10 heteroatoms. The molecule has 0 heterocycles. The largest absolute Gasteiger partial charge is 0.493 e. The Kier molecular flexibility index (Phi) is 8.24. The van der Waals surface area contributed by atoms with Gasteiger partial charge in [-0.1, -0.05) is 36.4 Å². The molecule has 3 aromatic carbocycles. The number of benzene rings is 3. The standard InChI is InChI=1S/C26H24N2O8/c1-35-19-13-17(21(25(31)32)27-23(29)15-9-5-3-6-10-15)18(14-20(19)36-2)22(26(33)34)28-24(30)16-11-7-4-8-12-16/h3-14,21-22H,1-2H3,(H,27,29)(H,28,30)(H,31,32)(H,33,34)/t21-,22+. The Hall–Kier alpha value is -4.86. The van der Waals surface area contributed by atoms with Crippen LogP contribution in [0.3, 0.4) is 0 Å². The minimum Gasteiger partial charge on any atom is -0.493 e. The van der Waals surface area contributed by atoms with Gasteiger partial charge in [-0.15, -0.1) is 0 Å². The highest BCUT2D eigenvalue weighted by Gasteiger charge is 2.33. The Labute approximate surface area is 206 Å². The summed E-state index contributed by atoms with van der Waals surface area (Å²) in [6, 6.07) is 15.1. The van der Waals surface area contributed by atoms with Gasteiger partial charge in [0.15, 0.2) is 23.6 Å². The third-order valence-electron chi connectivity index (χ3n) is 5.33. The van der Waals surface area contributed by atoms with Gasteiger partial charge in [-0.2, -0.15) is 0 Å². The summed E-state index contributed by atoms with van der Waals surface area (Å²) in [5, 5.41) is 24.8. The molecule has 10 nitrogen and oxygen atoms in total. The van der Waals surface area contributed by atoms with Gasteiger partial charge in [0.05, 0.1) is 14.2 Å². The van der Waals surface area contributed by atoms with Crippen LogP contribution < -0.4 is 20.1 Å². The molecule has 3 rings (SSSR count). The summed E-state index contributed by atoms with van der Waals surface area (Å²) in [6.45, 7) is 0. The van der Waals surface area contributed by atoms with E-state index in [0.717, 1.165) is 0 Å². The van der Waals surface area contributed by atoms with Gasteiger partial charge in [0.2, 0.25) is 0 Å². The van der Waals surface area contributed by atoms with Crippen molar-refractivity contribution < 1.29 is 38.9 Å². The number of carboxylic acid groups (broad SMARTS) is 2. The normalized spacial score (nSPS) is 12.1. The van der Waals surface area contributed by atoms with Crippen LogP contribution in [0.4, 0.5) is 0 Å². The van der Waals surface area contributed by atoms with Crippen molar-refractivity contribution >= 4 is 23.8 Å². The highest BCUT2D eigenvalue weighted by molar-refractivity contribution is 5.98. The van der Waals surface area contributed by atoms with Crippen LogP contribution in [0, 0.1) is 0 Å². The van der Waals surface area contributed by atoms with E-state index in [9.17, 15) is 29.4 Å². The molecule has 2 amide bonds. The molecule has 2 atom stereocenters. The molecule has 0 aromatic heterocycles. The number of amides is 2. The Bertz CT molecular complexity index is 1160. The Morgan fingerprint density at radius 3 is 1.25 bits per heavy atom. The van der Waals surface area contributed by atoms with Crippen molar-refractivity contribution in [3.05, 3.63) is 95.1 Å². The number of nitrogens with one attached hydrogen (secondary N) is 2. The van der Waals surface area contributed by atoms with E-state index in [1.165, 1.54) is 50.6 Å². The van der Waals surface area contributed by atoms with E-state index < -0.39 is 35.8 Å². The number of carboxylic acids is 2. The fourth-order valence-corrected chi connectivity index (χ4v) is 3.56. The van der Waals surface area contributed by atoms with Crippen LogP contribution in [0.2, 0.25) is 0 Å². The van der Waals surface area contributed by atoms with Crippen molar-refractivity contribution in [2.75, 3.05) is 14.2 Å². The summed E-state index contributed by atoms with van der Waals surface area (Å²) >= 11 is 0. The predicted molar refractivity (Wildman–Crippen MR) is 128 cm³/mol. The molecule has 0 fully saturated rings. The van der Waals surface area contributed by atoms with Gasteiger partial charge in [0, 0.05) is 11.1 Å². The molecule has 0 unspecified atom stereocenters. The van der Waals surface area contributed by atoms with Crippen molar-refractivity contribution in [1.29, 1.82) is 0 Å². The average molecular weight is 492 g/mol. The third-order valence-corrected chi connectivity index (χ3v) is 5.33. The molecule has 0 saturated carbocycles. The first-order chi connectivity index (χ1) is 17.3. The van der Waals surface area contributed by atoms with E-state index in [2.05, 4.69) is 10.6 Å². The molecule has 0 spiro atoms. The summed E-state index contributed by atoms with van der Waals surface area (Å²) in [5.74, 6) is -4.07. The van der Waals surface area contributed by atoms with Crippen molar-refractivity contribution in [1.82, 2.24) is 10.6 Å². The van der Waals surface area contributed by atoms with E-state index in [0.29, 0.717) is 0 Å². The molecule has 0 aliphatic heterocycles. The summed E-state index contributed by atoms with van der Waals surface area (Å²) in [7, 11) is 2.65. The van der Waals surface area contributed by atoms with E-state index in [1.807, 2.05) is 0 Å². The van der Waals surface area contributed by atoms with E-state index in [1.54, 1.807) is 36.4 Å². The molecule has 0 bridgehead atoms. The number of aliphatic carboxylic acids is 2. The van der Waals surface area contributed by atoms with Crippen molar-refractivity contribution in [2.24, 2.45) is 0 Å². The highest BCUT2D eigenvalue weighted by Crippen LogP contribution is 2.36. The van der Waals surface area contributed by atoms with E-state index in [-0.39, 0.29) is 33.8 Å². The molecule has 0 saturated heterocycles. The minimum absolute atomic E-state index is 0.106. The van der Waals surface area contributed by atoms with Crippen LogP contribution in [-0.4, -0.2) is 48.2 Å². The number of carbonyl (C=O) groups is 4. The Morgan fingerprint density at radius 2 is 0.972 bits per heavy atom. The summed E-state index contributed by atoms with van der Waals surface area (Å²) in [4.78, 5) is 50.1. The van der Waals surface area contributed by atoms with Crippen LogP contribution in [0.5, 0.6) is 11.5 Å². The third kappa shape index (κ3) is 5.79. The number of hydrogen-bond donors (Lipinski definition) is 4. The lowest BCUT2D eigenvalue weighted by atomic mass is 9.93. The Morgan fingerprint density at radius 1 is 0.639 bits per heavy atom. The quantitative estimate of drug-likeness (QED) is 0.337. The first-order valence-corrected chi connectivity index (χ1v) is 10.7. The van der Waals surface area contributed by atoms with Gasteiger partial charge in [-0.25, -0.2) is 9.59 Å². The minimum atomic E-state index is -1.68. The zero-order valence-electron chi connectivity index (χ0n) is 19.4. The monoisotopic (exact) mass is 492 g/mol. The molecular weight excluding hydrogens is 468 g/mol. The molecule has 0 aliphatic rings. The van der Waals surface area contributed by atoms with Crippen LogP contribution in [0.15, 0.2) is 72.8 Å². The number of hydrogen-bond acceptors (Lipinski definition) is 6. The molecule has 3 aromatic rings. The predicted octanol–water partition coefficient (Wildman–Crippen LogP) is 2.82. The second-order valence-electron chi connectivity index (χ2n) is 7.56. The molecule has 36 heavy (non-hydrogen) atoms. The first-order valence-electron chi connectivity index (χ1n) is 10.7. The smallest absolute Gasteiger partial charge is 0.330 e. The zero-order chi connectivity index (χ0) is 26.2. The SMILES string of the molecule is COc1cc([C@H](NC(=O)c2ccccc2)C(=O)O)c([C@@H](NC(=O)c2ccccc2)C(=O)O)cc1OC. The topological polar surface area (TPSA) is 151 Å². The van der Waals surface area contributed by atoms with Crippen molar-refractivity contribution in [2.45, 2.75) is 12.1 Å². The van der Waals surface area contributed by atoms with Gasteiger partial charge in [0.25, 0.3) is 11.8 Å². The fraction of sp³-hybridized carbons (Fsp3) is 0.154. The summed E-state index contributed by atoms with van der Waals surface area (Å²) < 4.78 is 10.6. The molecule has 186 valence electrons. The number of carbonyl (C=O) groups excluding carboxylic acids is 2. The van der Waals surface area contributed by atoms with Gasteiger partial charge in [-0.3, -0.25) is 9.59 Å². The second-order valence-corrected chi connectivity index (χ2v) is 7.56. The molecular formula is C26H24N2O8. The molecule has 0 aliphatic carbocycles. The summed E-state index contributed by atoms with van der Waals surface area (Å²) in [6.07, 6.45) is 0. The number of rotatable bonds is 10. The second kappa shape index (κ2) is 11.5. The summed E-state index contributed by atoms with van der Waals surface area (Å²) in [5.41, 5.74) is 0.200. The number of ether oxygens (including phenoxy) is 2. The lowest BCUT2D eigenvalue weighted by Crippen LogP contribution is -2.38. The first kappa shape index (κ1) is 25.8. The van der Waals surface area contributed by atoms with Gasteiger partial charge >= 0.3 is 11.9 Å².